The maximum absolute atomic E-state index is 12.7. The Balaban J connectivity index is 2.08. The van der Waals surface area contributed by atoms with Gasteiger partial charge in [-0.25, -0.2) is 4.79 Å². The van der Waals surface area contributed by atoms with Gasteiger partial charge in [-0.3, -0.25) is 4.79 Å². The molecule has 4 nitrogen and oxygen atoms in total. The van der Waals surface area contributed by atoms with Crippen LogP contribution in [0.5, 0.6) is 0 Å². The second kappa shape index (κ2) is 6.60. The number of halogens is 3. The average Bonchev–Trinajstić information content (AvgIpc) is 2.47. The van der Waals surface area contributed by atoms with Gasteiger partial charge in [-0.1, -0.05) is 37.5 Å². The van der Waals surface area contributed by atoms with Crippen LogP contribution in [0.3, 0.4) is 0 Å². The van der Waals surface area contributed by atoms with Crippen LogP contribution in [-0.2, 0) is 22.2 Å². The van der Waals surface area contributed by atoms with Crippen LogP contribution < -0.4 is 5.32 Å². The number of carbonyl (C=O) groups is 2. The molecule has 0 spiro atoms. The lowest BCUT2D eigenvalue weighted by molar-refractivity contribution is -0.149. The van der Waals surface area contributed by atoms with Crippen LogP contribution in [-0.4, -0.2) is 22.5 Å². The molecule has 126 valence electrons. The van der Waals surface area contributed by atoms with Crippen molar-refractivity contribution >= 4 is 11.9 Å². The lowest BCUT2D eigenvalue weighted by atomic mass is 9.81. The number of carboxylic acid groups (broad SMARTS) is 1. The lowest BCUT2D eigenvalue weighted by Crippen LogP contribution is -2.55. The Morgan fingerprint density at radius 2 is 1.83 bits per heavy atom. The first-order valence-corrected chi connectivity index (χ1v) is 7.43. The van der Waals surface area contributed by atoms with E-state index in [0.717, 1.165) is 18.6 Å². The van der Waals surface area contributed by atoms with E-state index in [0.29, 0.717) is 25.7 Å². The first-order valence-electron chi connectivity index (χ1n) is 7.43. The van der Waals surface area contributed by atoms with Crippen LogP contribution in [0.4, 0.5) is 13.2 Å². The zero-order chi connectivity index (χ0) is 17.1. The fraction of sp³-hybridized carbons (Fsp3) is 0.500. The van der Waals surface area contributed by atoms with E-state index in [1.165, 1.54) is 12.1 Å². The topological polar surface area (TPSA) is 66.4 Å². The number of hydrogen-bond donors (Lipinski definition) is 2. The molecule has 0 bridgehead atoms. The summed E-state index contributed by atoms with van der Waals surface area (Å²) in [6.07, 6.45) is -1.74. The molecule has 23 heavy (non-hydrogen) atoms. The number of alkyl halides is 3. The summed E-state index contributed by atoms with van der Waals surface area (Å²) in [6.45, 7) is 0. The minimum absolute atomic E-state index is 0.202. The molecule has 1 aliphatic rings. The normalized spacial score (nSPS) is 17.5. The van der Waals surface area contributed by atoms with Gasteiger partial charge in [-0.05, 0) is 24.5 Å². The van der Waals surface area contributed by atoms with Crippen molar-refractivity contribution in [2.45, 2.75) is 50.2 Å². The molecule has 2 rings (SSSR count). The van der Waals surface area contributed by atoms with Crippen LogP contribution >= 0.6 is 0 Å². The van der Waals surface area contributed by atoms with Crippen LogP contribution in [0.15, 0.2) is 24.3 Å². The van der Waals surface area contributed by atoms with E-state index < -0.39 is 29.2 Å². The highest BCUT2D eigenvalue weighted by atomic mass is 19.4. The predicted molar refractivity (Wildman–Crippen MR) is 76.7 cm³/mol. The van der Waals surface area contributed by atoms with Crippen molar-refractivity contribution < 1.29 is 27.9 Å². The van der Waals surface area contributed by atoms with Gasteiger partial charge in [-0.15, -0.1) is 0 Å². The fourth-order valence-electron chi connectivity index (χ4n) is 2.90. The second-order valence-corrected chi connectivity index (χ2v) is 5.87. The highest BCUT2D eigenvalue weighted by Crippen LogP contribution is 2.30. The summed E-state index contributed by atoms with van der Waals surface area (Å²) in [4.78, 5) is 23.6. The van der Waals surface area contributed by atoms with Crippen molar-refractivity contribution in [1.29, 1.82) is 0 Å². The molecule has 1 fully saturated rings. The molecule has 0 aromatic heterocycles. The van der Waals surface area contributed by atoms with Crippen molar-refractivity contribution in [3.8, 4) is 0 Å². The standard InChI is InChI=1S/C16H18F3NO3/c17-16(18,19)12-6-4-5-11(9-12)10-13(21)20-15(14(22)23)7-2-1-3-8-15/h4-6,9H,1-3,7-8,10H2,(H,20,21)(H,22,23). The Morgan fingerprint density at radius 1 is 1.17 bits per heavy atom. The molecular weight excluding hydrogens is 311 g/mol. The smallest absolute Gasteiger partial charge is 0.416 e. The number of carbonyl (C=O) groups excluding carboxylic acids is 1. The number of benzene rings is 1. The minimum Gasteiger partial charge on any atom is -0.480 e. The van der Waals surface area contributed by atoms with Gasteiger partial charge in [-0.2, -0.15) is 13.2 Å². The molecule has 2 N–H and O–H groups in total. The Labute approximate surface area is 131 Å². The highest BCUT2D eigenvalue weighted by molar-refractivity contribution is 5.88. The van der Waals surface area contributed by atoms with Gasteiger partial charge in [0, 0.05) is 0 Å². The third kappa shape index (κ3) is 4.24. The van der Waals surface area contributed by atoms with Gasteiger partial charge in [0.2, 0.25) is 5.91 Å². The summed E-state index contributed by atoms with van der Waals surface area (Å²) in [6, 6.07) is 4.50. The van der Waals surface area contributed by atoms with E-state index in [2.05, 4.69) is 5.32 Å². The Hall–Kier alpha value is -2.05. The zero-order valence-corrected chi connectivity index (χ0v) is 12.4. The highest BCUT2D eigenvalue weighted by Gasteiger charge is 2.40. The Bertz CT molecular complexity index is 592. The Morgan fingerprint density at radius 3 is 2.39 bits per heavy atom. The summed E-state index contributed by atoms with van der Waals surface area (Å²) < 4.78 is 38.0. The fourth-order valence-corrected chi connectivity index (χ4v) is 2.90. The molecule has 1 aromatic rings. The molecule has 0 aliphatic heterocycles. The van der Waals surface area contributed by atoms with Crippen molar-refractivity contribution in [2.75, 3.05) is 0 Å². The molecule has 1 aromatic carbocycles. The van der Waals surface area contributed by atoms with E-state index in [1.807, 2.05) is 0 Å². The summed E-state index contributed by atoms with van der Waals surface area (Å²) in [5.41, 5.74) is -1.92. The third-order valence-corrected chi connectivity index (χ3v) is 4.11. The van der Waals surface area contributed by atoms with E-state index in [1.54, 1.807) is 0 Å². The molecule has 0 atom stereocenters. The predicted octanol–water partition coefficient (Wildman–Crippen LogP) is 3.15. The molecule has 0 unspecified atom stereocenters. The van der Waals surface area contributed by atoms with E-state index in [4.69, 9.17) is 0 Å². The average molecular weight is 329 g/mol. The number of hydrogen-bond acceptors (Lipinski definition) is 2. The summed E-state index contributed by atoms with van der Waals surface area (Å²) in [5, 5.41) is 11.9. The minimum atomic E-state index is -4.47. The molecule has 7 heteroatoms. The first-order chi connectivity index (χ1) is 10.7. The first kappa shape index (κ1) is 17.3. The van der Waals surface area contributed by atoms with Crippen LogP contribution in [0.1, 0.15) is 43.2 Å². The molecule has 0 radical (unpaired) electrons. The number of aliphatic carboxylic acids is 1. The van der Waals surface area contributed by atoms with Crippen LogP contribution in [0.2, 0.25) is 0 Å². The van der Waals surface area contributed by atoms with Crippen molar-refractivity contribution in [2.24, 2.45) is 0 Å². The molecule has 1 aliphatic carbocycles. The maximum atomic E-state index is 12.7. The molecule has 0 saturated heterocycles. The molecule has 0 heterocycles. The number of nitrogens with one attached hydrogen (secondary N) is 1. The second-order valence-electron chi connectivity index (χ2n) is 5.87. The third-order valence-electron chi connectivity index (χ3n) is 4.11. The van der Waals surface area contributed by atoms with Crippen molar-refractivity contribution in [1.82, 2.24) is 5.32 Å². The van der Waals surface area contributed by atoms with Gasteiger partial charge >= 0.3 is 12.1 Å². The Kier molecular flexibility index (Phi) is 4.97. The van der Waals surface area contributed by atoms with E-state index >= 15 is 0 Å². The maximum Gasteiger partial charge on any atom is 0.416 e. The molecular formula is C16H18F3NO3. The monoisotopic (exact) mass is 329 g/mol. The van der Waals surface area contributed by atoms with E-state index in [-0.39, 0.29) is 12.0 Å². The molecule has 1 saturated carbocycles. The van der Waals surface area contributed by atoms with Crippen molar-refractivity contribution in [3.63, 3.8) is 0 Å². The van der Waals surface area contributed by atoms with Gasteiger partial charge in [0.25, 0.3) is 0 Å². The van der Waals surface area contributed by atoms with Gasteiger partial charge in [0.15, 0.2) is 0 Å². The van der Waals surface area contributed by atoms with Gasteiger partial charge in [0.1, 0.15) is 5.54 Å². The number of carboxylic acids is 1. The largest absolute Gasteiger partial charge is 0.480 e. The van der Waals surface area contributed by atoms with Gasteiger partial charge < -0.3 is 10.4 Å². The summed E-state index contributed by atoms with van der Waals surface area (Å²) in [5.74, 6) is -1.66. The zero-order valence-electron chi connectivity index (χ0n) is 12.4. The van der Waals surface area contributed by atoms with Crippen LogP contribution in [0, 0.1) is 0 Å². The SMILES string of the molecule is O=C(Cc1cccc(C(F)(F)F)c1)NC1(C(=O)O)CCCCC1. The van der Waals surface area contributed by atoms with Gasteiger partial charge in [0.05, 0.1) is 12.0 Å². The quantitative estimate of drug-likeness (QED) is 0.892. The van der Waals surface area contributed by atoms with E-state index in [9.17, 15) is 27.9 Å². The summed E-state index contributed by atoms with van der Waals surface area (Å²) in [7, 11) is 0. The number of rotatable bonds is 4. The number of amides is 1. The van der Waals surface area contributed by atoms with Crippen LogP contribution in [0.25, 0.3) is 0 Å². The summed E-state index contributed by atoms with van der Waals surface area (Å²) >= 11 is 0. The lowest BCUT2D eigenvalue weighted by Gasteiger charge is -2.34. The van der Waals surface area contributed by atoms with Crippen molar-refractivity contribution in [3.05, 3.63) is 35.4 Å². The molecule has 1 amide bonds.